The van der Waals surface area contributed by atoms with Gasteiger partial charge in [0.25, 0.3) is 6.29 Å². The van der Waals surface area contributed by atoms with Gasteiger partial charge in [-0.2, -0.15) is 0 Å². The average molecular weight is 533 g/mol. The van der Waals surface area contributed by atoms with Gasteiger partial charge in [-0.3, -0.25) is 9.36 Å². The molecule has 40 heavy (non-hydrogen) atoms. The molecule has 0 saturated heterocycles. The van der Waals surface area contributed by atoms with Gasteiger partial charge in [0.05, 0.1) is 18.1 Å². The summed E-state index contributed by atoms with van der Waals surface area (Å²) >= 11 is 0. The highest BCUT2D eigenvalue weighted by atomic mass is 16.7. The predicted molar refractivity (Wildman–Crippen MR) is 145 cm³/mol. The summed E-state index contributed by atoms with van der Waals surface area (Å²) in [5, 5.41) is 0.785. The Balaban J connectivity index is 1.46. The van der Waals surface area contributed by atoms with Crippen LogP contribution in [0.25, 0.3) is 33.4 Å². The minimum absolute atomic E-state index is 0.0568. The first-order chi connectivity index (χ1) is 19.3. The molecule has 0 N–H and O–H groups in total. The second kappa shape index (κ2) is 7.63. The zero-order valence-corrected chi connectivity index (χ0v) is 22.1. The van der Waals surface area contributed by atoms with Gasteiger partial charge in [-0.1, -0.05) is 48.5 Å². The summed E-state index contributed by atoms with van der Waals surface area (Å²) in [5.74, 6) is 1.81. The topological polar surface area (TPSA) is 92.8 Å². The third kappa shape index (κ3) is 2.93. The van der Waals surface area contributed by atoms with Gasteiger partial charge >= 0.3 is 6.09 Å². The normalized spacial score (nSPS) is 20.2. The Morgan fingerprint density at radius 3 is 2.60 bits per heavy atom. The maximum absolute atomic E-state index is 14.3. The quantitative estimate of drug-likeness (QED) is 0.232. The summed E-state index contributed by atoms with van der Waals surface area (Å²) in [6.07, 6.45) is 1.88. The van der Waals surface area contributed by atoms with E-state index < -0.39 is 23.4 Å². The van der Waals surface area contributed by atoms with Crippen LogP contribution in [0.3, 0.4) is 0 Å². The maximum Gasteiger partial charge on any atom is 0.419 e. The lowest BCUT2D eigenvalue weighted by atomic mass is 9.71. The number of para-hydroxylation sites is 2. The van der Waals surface area contributed by atoms with E-state index in [1.165, 1.54) is 4.57 Å². The van der Waals surface area contributed by atoms with E-state index in [-0.39, 0.29) is 18.1 Å². The minimum atomic E-state index is -1.17. The number of hydrogen-bond acceptors (Lipinski definition) is 7. The van der Waals surface area contributed by atoms with Crippen molar-refractivity contribution >= 4 is 22.8 Å². The van der Waals surface area contributed by atoms with Crippen molar-refractivity contribution in [2.45, 2.75) is 44.5 Å². The second-order valence-corrected chi connectivity index (χ2v) is 11.4. The molecule has 5 heterocycles. The number of rotatable bonds is 0. The maximum atomic E-state index is 14.3. The van der Waals surface area contributed by atoms with E-state index in [4.69, 9.17) is 18.6 Å². The number of fused-ring (bicyclic) bond motifs is 5. The molecule has 5 aromatic rings. The molecule has 2 atom stereocenters. The Kier molecular flexibility index (Phi) is 4.40. The van der Waals surface area contributed by atoms with E-state index in [1.54, 1.807) is 12.4 Å². The van der Waals surface area contributed by atoms with Gasteiger partial charge in [0.2, 0.25) is 5.89 Å². The van der Waals surface area contributed by atoms with E-state index >= 15 is 0 Å². The van der Waals surface area contributed by atoms with E-state index in [0.29, 0.717) is 28.3 Å². The lowest BCUT2D eigenvalue weighted by Gasteiger charge is -2.25. The number of carbonyl (C=O) groups is 2. The SMILES string of the molecule is CC(C)(C)OC(=O)n1cc2c3c(cccc31)-c1cccc3c1OC1Oc4ccccc4[C@]31C(=O)Cc1ncc-2o1. The Hall–Kier alpha value is -4.85. The number of nitrogens with zero attached hydrogens (tertiary/aromatic N) is 2. The first-order valence-corrected chi connectivity index (χ1v) is 13.2. The summed E-state index contributed by atoms with van der Waals surface area (Å²) in [7, 11) is 0. The molecule has 0 fully saturated rings. The van der Waals surface area contributed by atoms with Crippen molar-refractivity contribution in [3.05, 3.63) is 90.1 Å². The van der Waals surface area contributed by atoms with Crippen molar-refractivity contribution < 1.29 is 28.2 Å². The summed E-state index contributed by atoms with van der Waals surface area (Å²) < 4.78 is 26.2. The number of ether oxygens (including phenoxy) is 3. The highest BCUT2D eigenvalue weighted by Gasteiger charge is 2.62. The van der Waals surface area contributed by atoms with Crippen molar-refractivity contribution in [1.82, 2.24) is 9.55 Å². The molecule has 8 heteroatoms. The highest BCUT2D eigenvalue weighted by Crippen LogP contribution is 2.58. The zero-order chi connectivity index (χ0) is 27.4. The molecule has 0 saturated carbocycles. The lowest BCUT2D eigenvalue weighted by Crippen LogP contribution is -2.45. The largest absolute Gasteiger partial charge is 0.453 e. The molecule has 3 aliphatic rings. The lowest BCUT2D eigenvalue weighted by molar-refractivity contribution is -0.128. The summed E-state index contributed by atoms with van der Waals surface area (Å²) in [6.45, 7) is 5.49. The van der Waals surface area contributed by atoms with Gasteiger partial charge in [-0.25, -0.2) is 9.78 Å². The Bertz CT molecular complexity index is 1910. The molecule has 3 aromatic carbocycles. The van der Waals surface area contributed by atoms with Crippen molar-refractivity contribution in [3.63, 3.8) is 0 Å². The molecule has 2 aromatic heterocycles. The van der Waals surface area contributed by atoms with E-state index in [9.17, 15) is 9.59 Å². The molecule has 0 aliphatic carbocycles. The van der Waals surface area contributed by atoms with Crippen molar-refractivity contribution in [1.29, 1.82) is 0 Å². The van der Waals surface area contributed by atoms with Crippen molar-refractivity contribution in [2.24, 2.45) is 0 Å². The van der Waals surface area contributed by atoms with Crippen molar-refractivity contribution in [3.8, 4) is 33.9 Å². The number of carbonyl (C=O) groups excluding carboxylic acids is 2. The highest BCUT2D eigenvalue weighted by molar-refractivity contribution is 6.09. The summed E-state index contributed by atoms with van der Waals surface area (Å²) in [4.78, 5) is 32.1. The fourth-order valence-corrected chi connectivity index (χ4v) is 6.29. The number of hydrogen-bond donors (Lipinski definition) is 0. The van der Waals surface area contributed by atoms with Crippen LogP contribution in [0.2, 0.25) is 0 Å². The smallest absolute Gasteiger partial charge is 0.419 e. The predicted octanol–water partition coefficient (Wildman–Crippen LogP) is 6.27. The average Bonchev–Trinajstić information content (AvgIpc) is 3.66. The Morgan fingerprint density at radius 2 is 1.75 bits per heavy atom. The number of ketones is 1. The van der Waals surface area contributed by atoms with Crippen LogP contribution in [0, 0.1) is 0 Å². The van der Waals surface area contributed by atoms with Crippen LogP contribution in [0.15, 0.2) is 77.5 Å². The number of benzene rings is 3. The van der Waals surface area contributed by atoms with Crippen molar-refractivity contribution in [2.75, 3.05) is 0 Å². The van der Waals surface area contributed by atoms with Gasteiger partial charge in [-0.05, 0) is 38.5 Å². The molecule has 0 amide bonds. The van der Waals surface area contributed by atoms with Crippen LogP contribution in [0.5, 0.6) is 11.5 Å². The van der Waals surface area contributed by atoms with Gasteiger partial charge in [0.15, 0.2) is 17.0 Å². The molecule has 198 valence electrons. The molecular formula is C32H24N2O6. The van der Waals surface area contributed by atoms with Gasteiger partial charge in [0.1, 0.15) is 17.1 Å². The van der Waals surface area contributed by atoms with E-state index in [2.05, 4.69) is 4.98 Å². The zero-order valence-electron chi connectivity index (χ0n) is 22.1. The molecule has 3 aliphatic heterocycles. The van der Waals surface area contributed by atoms with Crippen LogP contribution in [0.1, 0.15) is 37.8 Å². The van der Waals surface area contributed by atoms with Crippen LogP contribution in [-0.4, -0.2) is 33.3 Å². The third-order valence-corrected chi connectivity index (χ3v) is 7.84. The molecule has 6 bridgehead atoms. The third-order valence-electron chi connectivity index (χ3n) is 7.84. The Labute approximate surface area is 229 Å². The van der Waals surface area contributed by atoms with Crippen LogP contribution in [0.4, 0.5) is 4.79 Å². The summed E-state index contributed by atoms with van der Waals surface area (Å²) in [5.41, 5.74) is 2.57. The van der Waals surface area contributed by atoms with Gasteiger partial charge in [-0.15, -0.1) is 0 Å². The number of aromatic nitrogens is 2. The van der Waals surface area contributed by atoms with Crippen LogP contribution in [-0.2, 0) is 21.4 Å². The molecule has 1 unspecified atom stereocenters. The molecule has 8 nitrogen and oxygen atoms in total. The van der Waals surface area contributed by atoms with Crippen LogP contribution >= 0.6 is 0 Å². The molecule has 1 spiro atoms. The monoisotopic (exact) mass is 532 g/mol. The minimum Gasteiger partial charge on any atom is -0.453 e. The summed E-state index contributed by atoms with van der Waals surface area (Å²) in [6, 6.07) is 19.1. The van der Waals surface area contributed by atoms with Crippen LogP contribution < -0.4 is 9.47 Å². The molecule has 0 radical (unpaired) electrons. The first kappa shape index (κ1) is 23.1. The van der Waals surface area contributed by atoms with Gasteiger partial charge in [0, 0.05) is 33.8 Å². The number of oxazole rings is 1. The number of Topliss-reactive ketones (excluding diaryl/α,β-unsaturated/α-hetero) is 1. The van der Waals surface area contributed by atoms with Gasteiger partial charge < -0.3 is 18.6 Å². The second-order valence-electron chi connectivity index (χ2n) is 11.4. The van der Waals surface area contributed by atoms with E-state index in [1.807, 2.05) is 81.4 Å². The molecular weight excluding hydrogens is 508 g/mol. The van der Waals surface area contributed by atoms with E-state index in [0.717, 1.165) is 27.6 Å². The fourth-order valence-electron chi connectivity index (χ4n) is 6.29. The molecule has 8 rings (SSSR count). The Morgan fingerprint density at radius 1 is 0.975 bits per heavy atom. The first-order valence-electron chi connectivity index (χ1n) is 13.2. The standard InChI is InChI=1S/C32H24N2O6/c1-31(2,3)40-30(36)34-16-19-24-15-33-26(37-24)14-25(35)32-20-10-4-5-13-23(20)38-29(32)39-28-18(9-6-11-21(28)32)17-8-7-12-22(34)27(17)19/h4-13,15-16,29H,14H2,1-3H3/t29?,32-/m1/s1. The fraction of sp³-hybridized carbons (Fsp3) is 0.219.